The van der Waals surface area contributed by atoms with Gasteiger partial charge in [0.25, 0.3) is 0 Å². The first-order valence-corrected chi connectivity index (χ1v) is 8.60. The second-order valence-corrected chi connectivity index (χ2v) is 6.02. The first-order valence-electron chi connectivity index (χ1n) is 8.23. The van der Waals surface area contributed by atoms with E-state index in [1.54, 1.807) is 0 Å². The number of benzene rings is 2. The first-order chi connectivity index (χ1) is 10.7. The van der Waals surface area contributed by atoms with Crippen LogP contribution in [0.25, 0.3) is 0 Å². The minimum absolute atomic E-state index is 0.482. The van der Waals surface area contributed by atoms with E-state index < -0.39 is 0 Å². The molecule has 0 saturated heterocycles. The monoisotopic (exact) mass is 315 g/mol. The molecule has 1 N–H and O–H groups in total. The number of halogens is 1. The zero-order valence-corrected chi connectivity index (χ0v) is 14.7. The Kier molecular flexibility index (Phi) is 6.05. The second kappa shape index (κ2) is 7.80. The van der Waals surface area contributed by atoms with Crippen molar-refractivity contribution in [1.82, 2.24) is 5.32 Å². The molecule has 2 heteroatoms. The standard InChI is InChI=1S/C18H20ClN.C2H6/c1-12-11-13(7-9-17(12)19)14-8-10-18(20-2)16-6-4-3-5-15(14)16;1-2/h3-7,9,11,14,18,20H,8,10H2,1-2H3;1-2H3/t14-,18?;/m0./s1. The molecule has 2 aromatic carbocycles. The summed E-state index contributed by atoms with van der Waals surface area (Å²) in [6.07, 6.45) is 2.36. The van der Waals surface area contributed by atoms with Gasteiger partial charge in [-0.15, -0.1) is 0 Å². The van der Waals surface area contributed by atoms with Crippen LogP contribution < -0.4 is 5.32 Å². The Morgan fingerprint density at radius 3 is 2.32 bits per heavy atom. The molecule has 2 aromatic rings. The van der Waals surface area contributed by atoms with Crippen molar-refractivity contribution in [2.75, 3.05) is 7.05 Å². The van der Waals surface area contributed by atoms with Gasteiger partial charge in [0.1, 0.15) is 0 Å². The quantitative estimate of drug-likeness (QED) is 0.731. The summed E-state index contributed by atoms with van der Waals surface area (Å²) in [7, 11) is 2.05. The van der Waals surface area contributed by atoms with Gasteiger partial charge in [-0.3, -0.25) is 0 Å². The highest BCUT2D eigenvalue weighted by Crippen LogP contribution is 2.41. The molecule has 0 aliphatic heterocycles. The number of hydrogen-bond donors (Lipinski definition) is 1. The van der Waals surface area contributed by atoms with Crippen LogP contribution in [0.5, 0.6) is 0 Å². The van der Waals surface area contributed by atoms with Crippen molar-refractivity contribution in [3.63, 3.8) is 0 Å². The average Bonchev–Trinajstić information content (AvgIpc) is 2.58. The van der Waals surface area contributed by atoms with Crippen molar-refractivity contribution in [2.45, 2.75) is 45.6 Å². The van der Waals surface area contributed by atoms with Crippen LogP contribution in [0, 0.1) is 6.92 Å². The number of hydrogen-bond acceptors (Lipinski definition) is 1. The van der Waals surface area contributed by atoms with Gasteiger partial charge in [-0.2, -0.15) is 0 Å². The number of aryl methyl sites for hydroxylation is 1. The van der Waals surface area contributed by atoms with E-state index in [9.17, 15) is 0 Å². The van der Waals surface area contributed by atoms with Crippen LogP contribution >= 0.6 is 11.6 Å². The Labute approximate surface area is 139 Å². The number of rotatable bonds is 2. The molecule has 3 rings (SSSR count). The van der Waals surface area contributed by atoms with Crippen LogP contribution in [0.2, 0.25) is 5.02 Å². The van der Waals surface area contributed by atoms with Gasteiger partial charge in [0, 0.05) is 17.0 Å². The van der Waals surface area contributed by atoms with E-state index in [0.29, 0.717) is 12.0 Å². The molecule has 2 atom stereocenters. The van der Waals surface area contributed by atoms with E-state index in [0.717, 1.165) is 10.6 Å². The molecule has 0 fully saturated rings. The van der Waals surface area contributed by atoms with E-state index in [-0.39, 0.29) is 0 Å². The van der Waals surface area contributed by atoms with Gasteiger partial charge in [-0.05, 0) is 55.1 Å². The average molecular weight is 316 g/mol. The lowest BCUT2D eigenvalue weighted by atomic mass is 9.76. The van der Waals surface area contributed by atoms with E-state index in [2.05, 4.69) is 48.6 Å². The predicted molar refractivity (Wildman–Crippen MR) is 96.9 cm³/mol. The van der Waals surface area contributed by atoms with Gasteiger partial charge in [0.15, 0.2) is 0 Å². The molecule has 0 heterocycles. The van der Waals surface area contributed by atoms with Crippen LogP contribution in [-0.4, -0.2) is 7.05 Å². The highest BCUT2D eigenvalue weighted by Gasteiger charge is 2.27. The van der Waals surface area contributed by atoms with Crippen molar-refractivity contribution < 1.29 is 0 Å². The van der Waals surface area contributed by atoms with Crippen molar-refractivity contribution >= 4 is 11.6 Å². The fourth-order valence-electron chi connectivity index (χ4n) is 3.32. The molecule has 22 heavy (non-hydrogen) atoms. The molecule has 1 nitrogen and oxygen atoms in total. The van der Waals surface area contributed by atoms with Crippen molar-refractivity contribution in [2.24, 2.45) is 0 Å². The highest BCUT2D eigenvalue weighted by molar-refractivity contribution is 6.31. The van der Waals surface area contributed by atoms with Crippen molar-refractivity contribution in [1.29, 1.82) is 0 Å². The van der Waals surface area contributed by atoms with Crippen LogP contribution in [0.3, 0.4) is 0 Å². The molecular weight excluding hydrogens is 290 g/mol. The third-order valence-corrected chi connectivity index (χ3v) is 4.85. The van der Waals surface area contributed by atoms with Gasteiger partial charge < -0.3 is 5.32 Å². The molecule has 0 bridgehead atoms. The maximum absolute atomic E-state index is 6.16. The Morgan fingerprint density at radius 2 is 1.68 bits per heavy atom. The lowest BCUT2D eigenvalue weighted by Crippen LogP contribution is -2.24. The van der Waals surface area contributed by atoms with E-state index >= 15 is 0 Å². The predicted octanol–water partition coefficient (Wildman–Crippen LogP) is 5.86. The van der Waals surface area contributed by atoms with Crippen LogP contribution in [0.15, 0.2) is 42.5 Å². The normalized spacial score (nSPS) is 19.9. The Morgan fingerprint density at radius 1 is 1.00 bits per heavy atom. The topological polar surface area (TPSA) is 12.0 Å². The number of fused-ring (bicyclic) bond motifs is 1. The summed E-state index contributed by atoms with van der Waals surface area (Å²) in [6, 6.07) is 15.7. The third kappa shape index (κ3) is 3.37. The second-order valence-electron chi connectivity index (χ2n) is 5.61. The Hall–Kier alpha value is -1.31. The summed E-state index contributed by atoms with van der Waals surface area (Å²) in [5.74, 6) is 0.492. The van der Waals surface area contributed by atoms with Gasteiger partial charge in [0.2, 0.25) is 0 Å². The summed E-state index contributed by atoms with van der Waals surface area (Å²) >= 11 is 6.16. The van der Waals surface area contributed by atoms with E-state index in [4.69, 9.17) is 11.6 Å². The Bertz CT molecular complexity index is 621. The van der Waals surface area contributed by atoms with Gasteiger partial charge in [-0.25, -0.2) is 0 Å². The molecule has 1 aliphatic rings. The highest BCUT2D eigenvalue weighted by atomic mass is 35.5. The molecular formula is C20H26ClN. The van der Waals surface area contributed by atoms with Crippen molar-refractivity contribution in [3.05, 3.63) is 69.7 Å². The van der Waals surface area contributed by atoms with Gasteiger partial charge >= 0.3 is 0 Å². The smallest absolute Gasteiger partial charge is 0.0435 e. The molecule has 0 radical (unpaired) electrons. The third-order valence-electron chi connectivity index (χ3n) is 4.42. The van der Waals surface area contributed by atoms with Crippen LogP contribution in [-0.2, 0) is 0 Å². The van der Waals surface area contributed by atoms with Crippen LogP contribution in [0.4, 0.5) is 0 Å². The largest absolute Gasteiger partial charge is 0.313 e. The maximum Gasteiger partial charge on any atom is 0.0435 e. The van der Waals surface area contributed by atoms with Gasteiger partial charge in [-0.1, -0.05) is 61.8 Å². The van der Waals surface area contributed by atoms with E-state index in [1.165, 1.54) is 29.5 Å². The molecule has 0 saturated carbocycles. The minimum atomic E-state index is 0.482. The summed E-state index contributed by atoms with van der Waals surface area (Å²) < 4.78 is 0. The molecule has 1 unspecified atom stereocenters. The fraction of sp³-hybridized carbons (Fsp3) is 0.400. The lowest BCUT2D eigenvalue weighted by Gasteiger charge is -2.32. The summed E-state index contributed by atoms with van der Waals surface area (Å²) in [5, 5.41) is 4.28. The molecule has 0 amide bonds. The molecule has 0 aromatic heterocycles. The maximum atomic E-state index is 6.16. The molecule has 0 spiro atoms. The summed E-state index contributed by atoms with van der Waals surface area (Å²) in [5.41, 5.74) is 5.45. The number of nitrogens with one attached hydrogen (secondary N) is 1. The first kappa shape index (κ1) is 17.1. The Balaban J connectivity index is 0.000000847. The summed E-state index contributed by atoms with van der Waals surface area (Å²) in [6.45, 7) is 6.08. The molecule has 118 valence electrons. The zero-order chi connectivity index (χ0) is 16.1. The molecule has 1 aliphatic carbocycles. The zero-order valence-electron chi connectivity index (χ0n) is 14.0. The van der Waals surface area contributed by atoms with Crippen molar-refractivity contribution in [3.8, 4) is 0 Å². The van der Waals surface area contributed by atoms with E-state index in [1.807, 2.05) is 27.0 Å². The van der Waals surface area contributed by atoms with Gasteiger partial charge in [0.05, 0.1) is 0 Å². The minimum Gasteiger partial charge on any atom is -0.313 e. The lowest BCUT2D eigenvalue weighted by molar-refractivity contribution is 0.471. The van der Waals surface area contributed by atoms with Crippen LogP contribution in [0.1, 0.15) is 60.9 Å². The SMILES string of the molecule is CC.CNC1CC[C@@H](c2ccc(Cl)c(C)c2)c2ccccc21. The fourth-order valence-corrected chi connectivity index (χ4v) is 3.44. The summed E-state index contributed by atoms with van der Waals surface area (Å²) in [4.78, 5) is 0.